The molecule has 110 valence electrons. The van der Waals surface area contributed by atoms with Crippen LogP contribution in [-0.4, -0.2) is 59.3 Å². The molecule has 1 N–H and O–H groups in total. The summed E-state index contributed by atoms with van der Waals surface area (Å²) in [5.74, 6) is -1.01. The Morgan fingerprint density at radius 2 is 2.25 bits per heavy atom. The number of amides is 2. The lowest BCUT2D eigenvalue weighted by atomic mass is 9.97. The lowest BCUT2D eigenvalue weighted by Gasteiger charge is -2.48. The van der Waals surface area contributed by atoms with Gasteiger partial charge in [-0.3, -0.25) is 0 Å². The van der Waals surface area contributed by atoms with Crippen LogP contribution in [-0.2, 0) is 16.1 Å². The zero-order valence-electron chi connectivity index (χ0n) is 11.5. The van der Waals surface area contributed by atoms with Crippen LogP contribution in [0.2, 0.25) is 0 Å². The Balaban J connectivity index is 1.79. The fourth-order valence-electron chi connectivity index (χ4n) is 2.19. The predicted molar refractivity (Wildman–Crippen MR) is 69.1 cm³/mol. The minimum atomic E-state index is -1.01. The number of hydrogen-bond acceptors (Lipinski definition) is 4. The number of aliphatic carboxylic acids is 1. The molecule has 2 heterocycles. The molecule has 0 radical (unpaired) electrons. The Bertz CT molecular complexity index is 479. The van der Waals surface area contributed by atoms with E-state index in [1.54, 1.807) is 42.4 Å². The Morgan fingerprint density at radius 1 is 1.55 bits per heavy atom. The lowest BCUT2D eigenvalue weighted by molar-refractivity contribution is -0.160. The number of nitrogens with zero attached hydrogens (tertiary/aromatic N) is 2. The zero-order valence-corrected chi connectivity index (χ0v) is 11.5. The molecule has 2 amide bonds. The van der Waals surface area contributed by atoms with Gasteiger partial charge in [0, 0.05) is 12.6 Å². The highest BCUT2D eigenvalue weighted by Gasteiger charge is 2.43. The summed E-state index contributed by atoms with van der Waals surface area (Å²) in [5.41, 5.74) is 0.358. The maximum absolute atomic E-state index is 12.1. The average Bonchev–Trinajstić information content (AvgIpc) is 2.84. The third-order valence-electron chi connectivity index (χ3n) is 3.19. The van der Waals surface area contributed by atoms with Gasteiger partial charge in [-0.25, -0.2) is 9.59 Å². The largest absolute Gasteiger partial charge is 0.480 e. The maximum atomic E-state index is 12.1. The second-order valence-electron chi connectivity index (χ2n) is 5.26. The van der Waals surface area contributed by atoms with Crippen LogP contribution in [0.25, 0.3) is 0 Å². The number of ether oxygens (including phenoxy) is 1. The molecule has 0 aromatic carbocycles. The molecule has 1 saturated heterocycles. The van der Waals surface area contributed by atoms with E-state index in [0.717, 1.165) is 5.56 Å². The van der Waals surface area contributed by atoms with Gasteiger partial charge in [-0.05, 0) is 13.0 Å². The molecule has 0 saturated carbocycles. The van der Waals surface area contributed by atoms with Gasteiger partial charge in [0.1, 0.15) is 12.2 Å². The van der Waals surface area contributed by atoms with E-state index in [4.69, 9.17) is 14.3 Å². The Hall–Kier alpha value is -2.02. The number of carbonyl (C=O) groups is 2. The van der Waals surface area contributed by atoms with Crippen molar-refractivity contribution in [3.63, 3.8) is 0 Å². The first-order valence-corrected chi connectivity index (χ1v) is 6.26. The summed E-state index contributed by atoms with van der Waals surface area (Å²) >= 11 is 0. The number of carbonyl (C=O) groups excluding carboxylic acids is 1. The van der Waals surface area contributed by atoms with E-state index in [1.807, 2.05) is 0 Å². The minimum absolute atomic E-state index is 0.109. The molecule has 1 aromatic heterocycles. The molecule has 0 bridgehead atoms. The molecule has 0 atom stereocenters. The van der Waals surface area contributed by atoms with Crippen LogP contribution in [0.5, 0.6) is 0 Å². The predicted octanol–water partition coefficient (Wildman–Crippen LogP) is 1.01. The van der Waals surface area contributed by atoms with Crippen molar-refractivity contribution in [2.24, 2.45) is 0 Å². The second-order valence-corrected chi connectivity index (χ2v) is 5.26. The molecule has 2 rings (SSSR count). The summed E-state index contributed by atoms with van der Waals surface area (Å²) < 4.78 is 10.2. The lowest BCUT2D eigenvalue weighted by Crippen LogP contribution is -2.65. The first kappa shape index (κ1) is 14.4. The van der Waals surface area contributed by atoms with E-state index in [2.05, 4.69) is 0 Å². The molecular weight excluding hydrogens is 264 g/mol. The van der Waals surface area contributed by atoms with Crippen molar-refractivity contribution in [3.8, 4) is 0 Å². The summed E-state index contributed by atoms with van der Waals surface area (Å²) in [4.78, 5) is 25.8. The molecule has 7 heteroatoms. The van der Waals surface area contributed by atoms with Crippen molar-refractivity contribution in [3.05, 3.63) is 24.2 Å². The van der Waals surface area contributed by atoms with Crippen LogP contribution < -0.4 is 0 Å². The molecule has 0 spiro atoms. The molecule has 0 unspecified atom stereocenters. The summed E-state index contributed by atoms with van der Waals surface area (Å²) in [6, 6.07) is 1.70. The number of rotatable bonds is 5. The summed E-state index contributed by atoms with van der Waals surface area (Å²) in [7, 11) is 1.71. The van der Waals surface area contributed by atoms with E-state index in [0.29, 0.717) is 19.6 Å². The van der Waals surface area contributed by atoms with Crippen molar-refractivity contribution in [2.75, 3.05) is 26.7 Å². The monoisotopic (exact) mass is 282 g/mol. The van der Waals surface area contributed by atoms with Gasteiger partial charge >= 0.3 is 12.0 Å². The zero-order chi connectivity index (χ0) is 14.8. The van der Waals surface area contributed by atoms with E-state index >= 15 is 0 Å². The Labute approximate surface area is 116 Å². The Kier molecular flexibility index (Phi) is 3.99. The molecule has 1 aliphatic rings. The molecule has 1 aliphatic heterocycles. The topological polar surface area (TPSA) is 83.2 Å². The normalized spacial score (nSPS) is 16.6. The molecule has 7 nitrogen and oxygen atoms in total. The third-order valence-corrected chi connectivity index (χ3v) is 3.19. The van der Waals surface area contributed by atoms with Crippen molar-refractivity contribution >= 4 is 12.0 Å². The number of furan rings is 1. The van der Waals surface area contributed by atoms with Gasteiger partial charge in [0.15, 0.2) is 0 Å². The van der Waals surface area contributed by atoms with Gasteiger partial charge in [-0.2, -0.15) is 0 Å². The smallest absolute Gasteiger partial charge is 0.329 e. The van der Waals surface area contributed by atoms with Crippen molar-refractivity contribution in [1.29, 1.82) is 0 Å². The second kappa shape index (κ2) is 5.54. The molecule has 1 fully saturated rings. The summed E-state index contributed by atoms with van der Waals surface area (Å²) in [6.07, 6.45) is 3.16. The van der Waals surface area contributed by atoms with Crippen molar-refractivity contribution in [1.82, 2.24) is 9.80 Å². The maximum Gasteiger partial charge on any atom is 0.329 e. The number of urea groups is 1. The van der Waals surface area contributed by atoms with Gasteiger partial charge in [0.05, 0.1) is 32.2 Å². The van der Waals surface area contributed by atoms with E-state index in [-0.39, 0.29) is 12.6 Å². The van der Waals surface area contributed by atoms with Gasteiger partial charge in [-0.15, -0.1) is 0 Å². The van der Waals surface area contributed by atoms with Crippen LogP contribution in [0, 0.1) is 0 Å². The molecule has 0 aliphatic carbocycles. The number of likely N-dealkylation sites (tertiary alicyclic amines) is 1. The van der Waals surface area contributed by atoms with E-state index < -0.39 is 11.6 Å². The first-order chi connectivity index (χ1) is 9.39. The third kappa shape index (κ3) is 3.30. The van der Waals surface area contributed by atoms with E-state index in [9.17, 15) is 9.59 Å². The SMILES string of the molecule is CN(Cc1ccoc1)C(=O)N1CC(C)(OCC(=O)O)C1. The van der Waals surface area contributed by atoms with E-state index in [1.165, 1.54) is 0 Å². The first-order valence-electron chi connectivity index (χ1n) is 6.26. The highest BCUT2D eigenvalue weighted by atomic mass is 16.5. The number of carboxylic acid groups (broad SMARTS) is 1. The van der Waals surface area contributed by atoms with Crippen LogP contribution in [0.1, 0.15) is 12.5 Å². The van der Waals surface area contributed by atoms with Crippen molar-refractivity contribution < 1.29 is 23.8 Å². The Morgan fingerprint density at radius 3 is 2.80 bits per heavy atom. The average molecular weight is 282 g/mol. The quantitative estimate of drug-likeness (QED) is 0.871. The molecule has 20 heavy (non-hydrogen) atoms. The van der Waals surface area contributed by atoms with Crippen LogP contribution in [0.4, 0.5) is 4.79 Å². The summed E-state index contributed by atoms with van der Waals surface area (Å²) in [5, 5.41) is 8.58. The minimum Gasteiger partial charge on any atom is -0.480 e. The molecule has 1 aromatic rings. The van der Waals surface area contributed by atoms with Crippen molar-refractivity contribution in [2.45, 2.75) is 19.1 Å². The van der Waals surface area contributed by atoms with Crippen LogP contribution in [0.3, 0.4) is 0 Å². The summed E-state index contributed by atoms with van der Waals surface area (Å²) in [6.45, 7) is 2.72. The van der Waals surface area contributed by atoms with Crippen LogP contribution in [0.15, 0.2) is 23.0 Å². The number of carboxylic acids is 1. The van der Waals surface area contributed by atoms with Gasteiger partial charge < -0.3 is 24.1 Å². The molecular formula is C13H18N2O5. The highest BCUT2D eigenvalue weighted by molar-refractivity contribution is 5.75. The fraction of sp³-hybridized carbons (Fsp3) is 0.538. The van der Waals surface area contributed by atoms with Crippen LogP contribution >= 0.6 is 0 Å². The number of hydrogen-bond donors (Lipinski definition) is 1. The standard InChI is InChI=1S/C13H18N2O5/c1-13(20-7-11(16)17)8-15(9-13)12(18)14(2)5-10-3-4-19-6-10/h3-4,6H,5,7-9H2,1-2H3,(H,16,17). The van der Waals surface area contributed by atoms with Gasteiger partial charge in [0.25, 0.3) is 0 Å². The fourth-order valence-corrected chi connectivity index (χ4v) is 2.19. The van der Waals surface area contributed by atoms with Gasteiger partial charge in [0.2, 0.25) is 0 Å². The van der Waals surface area contributed by atoms with Gasteiger partial charge in [-0.1, -0.05) is 0 Å². The highest BCUT2D eigenvalue weighted by Crippen LogP contribution is 2.25.